The number of unbranched alkanes of at least 4 members (excludes halogenated alkanes) is 2. The number of aromatic nitrogens is 2. The van der Waals surface area contributed by atoms with Crippen molar-refractivity contribution in [3.05, 3.63) is 53.6 Å². The van der Waals surface area contributed by atoms with Gasteiger partial charge >= 0.3 is 0 Å². The van der Waals surface area contributed by atoms with Crippen molar-refractivity contribution in [2.24, 2.45) is 0 Å². The van der Waals surface area contributed by atoms with E-state index in [-0.39, 0.29) is 5.91 Å². The van der Waals surface area contributed by atoms with Gasteiger partial charge < -0.3 is 9.47 Å². The molecular formula is C26H32N4O. The van der Waals surface area contributed by atoms with Crippen molar-refractivity contribution in [2.75, 3.05) is 13.1 Å². The number of carbonyl (C=O) groups excluding carboxylic acids is 1. The van der Waals surface area contributed by atoms with Crippen molar-refractivity contribution in [1.29, 1.82) is 5.26 Å². The Labute approximate surface area is 185 Å². The largest absolute Gasteiger partial charge is 0.339 e. The van der Waals surface area contributed by atoms with Gasteiger partial charge in [-0.05, 0) is 49.6 Å². The number of fused-ring (bicyclic) bond motifs is 1. The van der Waals surface area contributed by atoms with E-state index in [4.69, 9.17) is 4.98 Å². The molecule has 1 heterocycles. The monoisotopic (exact) mass is 416 g/mol. The third-order valence-electron chi connectivity index (χ3n) is 5.54. The molecule has 0 saturated heterocycles. The van der Waals surface area contributed by atoms with Crippen LogP contribution in [0.1, 0.15) is 68.8 Å². The van der Waals surface area contributed by atoms with Gasteiger partial charge in [-0.1, -0.05) is 45.7 Å². The molecule has 0 N–H and O–H groups in total. The van der Waals surface area contributed by atoms with Crippen LogP contribution in [0.15, 0.2) is 42.5 Å². The number of carbonyl (C=O) groups is 1. The highest BCUT2D eigenvalue weighted by molar-refractivity contribution is 5.98. The molecule has 1 amide bonds. The van der Waals surface area contributed by atoms with E-state index in [2.05, 4.69) is 31.4 Å². The minimum Gasteiger partial charge on any atom is -0.339 e. The molecule has 5 nitrogen and oxygen atoms in total. The average molecular weight is 417 g/mol. The molecule has 0 saturated carbocycles. The molecule has 0 spiro atoms. The summed E-state index contributed by atoms with van der Waals surface area (Å²) in [7, 11) is 0. The average Bonchev–Trinajstić information content (AvgIpc) is 3.17. The molecule has 3 rings (SSSR count). The van der Waals surface area contributed by atoms with Gasteiger partial charge in [0.2, 0.25) is 0 Å². The summed E-state index contributed by atoms with van der Waals surface area (Å²) < 4.78 is 2.17. The molecule has 2 aromatic carbocycles. The minimum absolute atomic E-state index is 0.0982. The lowest BCUT2D eigenvalue weighted by molar-refractivity contribution is 0.0751. The van der Waals surface area contributed by atoms with E-state index >= 15 is 0 Å². The Balaban J connectivity index is 2.03. The lowest BCUT2D eigenvalue weighted by Gasteiger charge is -2.22. The second-order valence-electron chi connectivity index (χ2n) is 7.98. The number of nitriles is 1. The van der Waals surface area contributed by atoms with Crippen LogP contribution < -0.4 is 0 Å². The zero-order valence-electron chi connectivity index (χ0n) is 18.9. The van der Waals surface area contributed by atoms with Crippen LogP contribution in [0.2, 0.25) is 0 Å². The molecule has 0 unspecified atom stereocenters. The topological polar surface area (TPSA) is 61.9 Å². The summed E-state index contributed by atoms with van der Waals surface area (Å²) in [6.07, 6.45) is 5.13. The first-order valence-corrected chi connectivity index (χ1v) is 11.4. The molecule has 0 aliphatic carbocycles. The normalized spacial score (nSPS) is 10.9. The first-order chi connectivity index (χ1) is 15.1. The van der Waals surface area contributed by atoms with Crippen molar-refractivity contribution < 1.29 is 4.79 Å². The van der Waals surface area contributed by atoms with E-state index in [0.29, 0.717) is 11.1 Å². The molecule has 5 heteroatoms. The number of benzene rings is 2. The summed E-state index contributed by atoms with van der Waals surface area (Å²) in [6, 6.07) is 15.6. The van der Waals surface area contributed by atoms with Crippen LogP contribution in [-0.2, 0) is 6.54 Å². The Hall–Kier alpha value is -3.13. The summed E-state index contributed by atoms with van der Waals surface area (Å²) in [5, 5.41) is 9.27. The number of nitrogens with zero attached hydrogens (tertiary/aromatic N) is 4. The summed E-state index contributed by atoms with van der Waals surface area (Å²) in [5.74, 6) is 0.938. The van der Waals surface area contributed by atoms with Crippen LogP contribution >= 0.6 is 0 Å². The van der Waals surface area contributed by atoms with E-state index < -0.39 is 0 Å². The molecule has 0 fully saturated rings. The predicted molar refractivity (Wildman–Crippen MR) is 126 cm³/mol. The van der Waals surface area contributed by atoms with Crippen LogP contribution in [0.3, 0.4) is 0 Å². The molecule has 0 atom stereocenters. The van der Waals surface area contributed by atoms with E-state index in [1.165, 1.54) is 0 Å². The Morgan fingerprint density at radius 1 is 1.03 bits per heavy atom. The van der Waals surface area contributed by atoms with Crippen molar-refractivity contribution in [1.82, 2.24) is 14.5 Å². The highest BCUT2D eigenvalue weighted by atomic mass is 16.2. The summed E-state index contributed by atoms with van der Waals surface area (Å²) in [4.78, 5) is 20.1. The first kappa shape index (κ1) is 22.6. The fraction of sp³-hybridized carbons (Fsp3) is 0.423. The van der Waals surface area contributed by atoms with Gasteiger partial charge in [0.25, 0.3) is 5.91 Å². The maximum atomic E-state index is 13.3. The fourth-order valence-corrected chi connectivity index (χ4v) is 3.85. The molecule has 0 aliphatic rings. The first-order valence-electron chi connectivity index (χ1n) is 11.4. The van der Waals surface area contributed by atoms with Gasteiger partial charge in [0.1, 0.15) is 5.82 Å². The van der Waals surface area contributed by atoms with E-state index in [1.807, 2.05) is 41.3 Å². The number of hydrogen-bond acceptors (Lipinski definition) is 3. The van der Waals surface area contributed by atoms with Crippen molar-refractivity contribution in [3.8, 4) is 17.5 Å². The van der Waals surface area contributed by atoms with Crippen LogP contribution in [0.25, 0.3) is 22.4 Å². The van der Waals surface area contributed by atoms with Crippen molar-refractivity contribution >= 4 is 16.9 Å². The fourth-order valence-electron chi connectivity index (χ4n) is 3.85. The zero-order valence-corrected chi connectivity index (χ0v) is 18.9. The van der Waals surface area contributed by atoms with Gasteiger partial charge in [-0.3, -0.25) is 4.79 Å². The molecule has 0 bridgehead atoms. The predicted octanol–water partition coefficient (Wildman–Crippen LogP) is 6.03. The van der Waals surface area contributed by atoms with Crippen LogP contribution in [0.4, 0.5) is 0 Å². The number of hydrogen-bond donors (Lipinski definition) is 0. The molecule has 0 radical (unpaired) electrons. The van der Waals surface area contributed by atoms with Gasteiger partial charge in [-0.25, -0.2) is 4.98 Å². The highest BCUT2D eigenvalue weighted by Gasteiger charge is 2.18. The van der Waals surface area contributed by atoms with Gasteiger partial charge in [0, 0.05) is 30.8 Å². The maximum absolute atomic E-state index is 13.3. The minimum atomic E-state index is 0.0982. The van der Waals surface area contributed by atoms with Gasteiger partial charge in [-0.15, -0.1) is 0 Å². The lowest BCUT2D eigenvalue weighted by Crippen LogP contribution is -2.32. The third-order valence-corrected chi connectivity index (χ3v) is 5.54. The number of amides is 1. The molecule has 31 heavy (non-hydrogen) atoms. The van der Waals surface area contributed by atoms with E-state index in [1.54, 1.807) is 6.07 Å². The van der Waals surface area contributed by atoms with Crippen LogP contribution in [0, 0.1) is 11.3 Å². The van der Waals surface area contributed by atoms with Crippen molar-refractivity contribution in [3.63, 3.8) is 0 Å². The highest BCUT2D eigenvalue weighted by Crippen LogP contribution is 2.27. The smallest absolute Gasteiger partial charge is 0.253 e. The third kappa shape index (κ3) is 5.14. The van der Waals surface area contributed by atoms with Crippen LogP contribution in [0.5, 0.6) is 0 Å². The Morgan fingerprint density at radius 2 is 1.77 bits per heavy atom. The second-order valence-corrected chi connectivity index (χ2v) is 7.98. The summed E-state index contributed by atoms with van der Waals surface area (Å²) >= 11 is 0. The molecular weight excluding hydrogens is 384 g/mol. The maximum Gasteiger partial charge on any atom is 0.253 e. The quantitative estimate of drug-likeness (QED) is 0.405. The molecule has 3 aromatic rings. The Bertz CT molecular complexity index is 1070. The Morgan fingerprint density at radius 3 is 2.42 bits per heavy atom. The second kappa shape index (κ2) is 10.8. The van der Waals surface area contributed by atoms with Crippen molar-refractivity contribution in [2.45, 2.75) is 59.4 Å². The molecule has 162 valence electrons. The molecule has 1 aromatic heterocycles. The standard InChI is InChI=1S/C26H32N4O/c1-4-7-15-29(16-8-5-2)26(31)22-12-13-23-24(18-22)30(14-6-3)25(28-23)21-11-9-10-20(17-21)19-27/h9-13,17-18H,4-8,14-16H2,1-3H3. The zero-order chi connectivity index (χ0) is 22.2. The molecule has 0 aliphatic heterocycles. The summed E-state index contributed by atoms with van der Waals surface area (Å²) in [6.45, 7) is 8.84. The number of rotatable bonds is 10. The van der Waals surface area contributed by atoms with Gasteiger partial charge in [0.05, 0.1) is 22.7 Å². The van der Waals surface area contributed by atoms with E-state index in [9.17, 15) is 10.1 Å². The number of aryl methyl sites for hydroxylation is 1. The van der Waals surface area contributed by atoms with Gasteiger partial charge in [0.15, 0.2) is 0 Å². The van der Waals surface area contributed by atoms with Crippen LogP contribution in [-0.4, -0.2) is 33.4 Å². The number of imidazole rings is 1. The van der Waals surface area contributed by atoms with Gasteiger partial charge in [-0.2, -0.15) is 5.26 Å². The lowest BCUT2D eigenvalue weighted by atomic mass is 10.1. The SMILES string of the molecule is CCCCN(CCCC)C(=O)c1ccc2nc(-c3cccc(C#N)c3)n(CCC)c2c1. The summed E-state index contributed by atoms with van der Waals surface area (Å²) in [5.41, 5.74) is 4.09. The van der Waals surface area contributed by atoms with E-state index in [0.717, 1.165) is 74.2 Å². The Kier molecular flexibility index (Phi) is 7.83.